The molecule has 0 bridgehead atoms. The fourth-order valence-electron chi connectivity index (χ4n) is 2.04. The summed E-state index contributed by atoms with van der Waals surface area (Å²) in [4.78, 5) is 3.93. The summed E-state index contributed by atoms with van der Waals surface area (Å²) in [5.74, 6) is 0.277. The summed E-state index contributed by atoms with van der Waals surface area (Å²) >= 11 is 0. The van der Waals surface area contributed by atoms with Crippen LogP contribution < -0.4 is 0 Å². The Balaban J connectivity index is 1.91. The molecule has 0 aliphatic carbocycles. The lowest BCUT2D eigenvalue weighted by Gasteiger charge is -2.06. The van der Waals surface area contributed by atoms with Crippen molar-refractivity contribution in [2.24, 2.45) is 0 Å². The molecule has 3 rings (SSSR count). The maximum absolute atomic E-state index is 9.53. The van der Waals surface area contributed by atoms with Gasteiger partial charge in [-0.3, -0.25) is 0 Å². The fourth-order valence-corrected chi connectivity index (χ4v) is 2.04. The van der Waals surface area contributed by atoms with E-state index in [9.17, 15) is 5.11 Å². The molecule has 2 aromatic carbocycles. The molecule has 1 heterocycles. The first kappa shape index (κ1) is 11.5. The highest BCUT2D eigenvalue weighted by Crippen LogP contribution is 2.24. The zero-order chi connectivity index (χ0) is 13.1. The minimum atomic E-state index is 0.277. The number of benzene rings is 2. The first-order chi connectivity index (χ1) is 9.31. The topological polar surface area (TPSA) is 50.9 Å². The van der Waals surface area contributed by atoms with Crippen molar-refractivity contribution in [1.82, 2.24) is 14.8 Å². The van der Waals surface area contributed by atoms with Gasteiger partial charge in [-0.1, -0.05) is 30.3 Å². The molecule has 0 saturated carbocycles. The summed E-state index contributed by atoms with van der Waals surface area (Å²) < 4.78 is 1.78. The van der Waals surface area contributed by atoms with Crippen LogP contribution in [-0.4, -0.2) is 19.9 Å². The molecule has 4 heteroatoms. The van der Waals surface area contributed by atoms with E-state index in [0.29, 0.717) is 6.54 Å². The Morgan fingerprint density at radius 3 is 2.53 bits per heavy atom. The molecule has 1 N–H and O–H groups in total. The van der Waals surface area contributed by atoms with Gasteiger partial charge in [-0.2, -0.15) is 5.10 Å². The molecular weight excluding hydrogens is 238 g/mol. The van der Waals surface area contributed by atoms with E-state index in [1.807, 2.05) is 30.3 Å². The summed E-state index contributed by atoms with van der Waals surface area (Å²) in [6, 6.07) is 15.4. The van der Waals surface area contributed by atoms with E-state index >= 15 is 0 Å². The van der Waals surface area contributed by atoms with Gasteiger partial charge in [0.15, 0.2) is 0 Å². The number of phenols is 1. The zero-order valence-corrected chi connectivity index (χ0v) is 10.3. The van der Waals surface area contributed by atoms with Crippen LogP contribution in [0.25, 0.3) is 11.1 Å². The van der Waals surface area contributed by atoms with Crippen molar-refractivity contribution in [3.05, 3.63) is 66.7 Å². The van der Waals surface area contributed by atoms with Crippen molar-refractivity contribution >= 4 is 0 Å². The second-order valence-electron chi connectivity index (χ2n) is 4.34. The predicted molar refractivity (Wildman–Crippen MR) is 72.7 cm³/mol. The van der Waals surface area contributed by atoms with Crippen LogP contribution in [-0.2, 0) is 6.54 Å². The van der Waals surface area contributed by atoms with Crippen LogP contribution in [0.4, 0.5) is 0 Å². The third-order valence-corrected chi connectivity index (χ3v) is 2.92. The minimum absolute atomic E-state index is 0.277. The molecule has 0 spiro atoms. The Hall–Kier alpha value is -2.62. The van der Waals surface area contributed by atoms with Crippen LogP contribution in [0.1, 0.15) is 5.56 Å². The van der Waals surface area contributed by atoms with E-state index in [-0.39, 0.29) is 5.75 Å². The van der Waals surface area contributed by atoms with E-state index in [1.165, 1.54) is 6.33 Å². The van der Waals surface area contributed by atoms with Gasteiger partial charge >= 0.3 is 0 Å². The van der Waals surface area contributed by atoms with Crippen LogP contribution in [0.5, 0.6) is 5.75 Å². The number of hydrogen-bond acceptors (Lipinski definition) is 3. The van der Waals surface area contributed by atoms with Crippen molar-refractivity contribution in [2.45, 2.75) is 6.54 Å². The Labute approximate surface area is 111 Å². The molecule has 4 nitrogen and oxygen atoms in total. The van der Waals surface area contributed by atoms with Crippen LogP contribution in [0, 0.1) is 0 Å². The molecule has 3 aromatic rings. The monoisotopic (exact) mass is 251 g/mol. The minimum Gasteiger partial charge on any atom is -0.508 e. The lowest BCUT2D eigenvalue weighted by atomic mass is 10.0. The van der Waals surface area contributed by atoms with Gasteiger partial charge in [-0.15, -0.1) is 0 Å². The van der Waals surface area contributed by atoms with E-state index in [1.54, 1.807) is 23.1 Å². The van der Waals surface area contributed by atoms with Crippen molar-refractivity contribution in [3.63, 3.8) is 0 Å². The van der Waals surface area contributed by atoms with Gasteiger partial charge in [0.05, 0.1) is 6.54 Å². The average Bonchev–Trinajstić information content (AvgIpc) is 2.92. The van der Waals surface area contributed by atoms with Crippen LogP contribution in [0.2, 0.25) is 0 Å². The molecule has 19 heavy (non-hydrogen) atoms. The molecule has 1 aromatic heterocycles. The third-order valence-electron chi connectivity index (χ3n) is 2.92. The summed E-state index contributed by atoms with van der Waals surface area (Å²) in [6.07, 6.45) is 3.22. The molecular formula is C15H13N3O. The molecule has 0 unspecified atom stereocenters. The second kappa shape index (κ2) is 4.94. The average molecular weight is 251 g/mol. The molecule has 0 aliphatic heterocycles. The van der Waals surface area contributed by atoms with Gasteiger partial charge in [0.1, 0.15) is 18.4 Å². The normalized spacial score (nSPS) is 10.5. The maximum atomic E-state index is 9.53. The number of aromatic hydroxyl groups is 1. The highest BCUT2D eigenvalue weighted by atomic mass is 16.3. The van der Waals surface area contributed by atoms with E-state index in [4.69, 9.17) is 0 Å². The van der Waals surface area contributed by atoms with Crippen LogP contribution in [0.3, 0.4) is 0 Å². The number of phenolic OH excluding ortho intramolecular Hbond substituents is 1. The van der Waals surface area contributed by atoms with E-state index in [2.05, 4.69) is 16.1 Å². The molecule has 0 atom stereocenters. The van der Waals surface area contributed by atoms with Gasteiger partial charge in [0, 0.05) is 0 Å². The van der Waals surface area contributed by atoms with Gasteiger partial charge in [-0.25, -0.2) is 9.67 Å². The summed E-state index contributed by atoms with van der Waals surface area (Å²) in [6.45, 7) is 0.687. The highest BCUT2D eigenvalue weighted by Gasteiger charge is 2.01. The summed E-state index contributed by atoms with van der Waals surface area (Å²) in [7, 11) is 0. The first-order valence-electron chi connectivity index (χ1n) is 6.02. The van der Waals surface area contributed by atoms with E-state index < -0.39 is 0 Å². The van der Waals surface area contributed by atoms with E-state index in [0.717, 1.165) is 16.7 Å². The third kappa shape index (κ3) is 2.63. The molecule has 0 aliphatic rings. The van der Waals surface area contributed by atoms with Crippen LogP contribution in [0.15, 0.2) is 61.2 Å². The van der Waals surface area contributed by atoms with Crippen LogP contribution >= 0.6 is 0 Å². The van der Waals surface area contributed by atoms with Gasteiger partial charge < -0.3 is 5.11 Å². The quantitative estimate of drug-likeness (QED) is 0.778. The van der Waals surface area contributed by atoms with Crippen molar-refractivity contribution < 1.29 is 5.11 Å². The fraction of sp³-hybridized carbons (Fsp3) is 0.0667. The first-order valence-corrected chi connectivity index (χ1v) is 6.02. The standard InChI is InChI=1S/C15H13N3O/c19-15-6-2-5-14(8-15)13-4-1-3-12(7-13)9-18-11-16-10-17-18/h1-8,10-11,19H,9H2. The number of aromatic nitrogens is 3. The van der Waals surface area contributed by atoms with Gasteiger partial charge in [-0.05, 0) is 34.9 Å². The lowest BCUT2D eigenvalue weighted by molar-refractivity contribution is 0.475. The molecule has 0 amide bonds. The number of hydrogen-bond donors (Lipinski definition) is 1. The number of rotatable bonds is 3. The van der Waals surface area contributed by atoms with Crippen molar-refractivity contribution in [1.29, 1.82) is 0 Å². The SMILES string of the molecule is Oc1cccc(-c2cccc(Cn3cncn3)c2)c1. The Morgan fingerprint density at radius 2 is 1.79 bits per heavy atom. The number of nitrogens with zero attached hydrogens (tertiary/aromatic N) is 3. The Bertz CT molecular complexity index is 677. The largest absolute Gasteiger partial charge is 0.508 e. The Kier molecular flexibility index (Phi) is 2.98. The summed E-state index contributed by atoms with van der Waals surface area (Å²) in [5.41, 5.74) is 3.22. The molecule has 0 fully saturated rings. The highest BCUT2D eigenvalue weighted by molar-refractivity contribution is 5.65. The molecule has 0 saturated heterocycles. The van der Waals surface area contributed by atoms with Gasteiger partial charge in [0.2, 0.25) is 0 Å². The van der Waals surface area contributed by atoms with Gasteiger partial charge in [0.25, 0.3) is 0 Å². The molecule has 94 valence electrons. The predicted octanol–water partition coefficient (Wildman–Crippen LogP) is 2.70. The summed E-state index contributed by atoms with van der Waals surface area (Å²) in [5, 5.41) is 13.6. The maximum Gasteiger partial charge on any atom is 0.137 e. The zero-order valence-electron chi connectivity index (χ0n) is 10.3. The second-order valence-corrected chi connectivity index (χ2v) is 4.34. The van der Waals surface area contributed by atoms with Crippen molar-refractivity contribution in [2.75, 3.05) is 0 Å². The molecule has 0 radical (unpaired) electrons. The Morgan fingerprint density at radius 1 is 1.00 bits per heavy atom. The lowest BCUT2D eigenvalue weighted by Crippen LogP contribution is -1.99. The smallest absolute Gasteiger partial charge is 0.137 e. The van der Waals surface area contributed by atoms with Crippen molar-refractivity contribution in [3.8, 4) is 16.9 Å².